The number of ether oxygens (including phenoxy) is 1. The fourth-order valence-corrected chi connectivity index (χ4v) is 2.58. The molecule has 1 saturated heterocycles. The number of benzene rings is 1. The summed E-state index contributed by atoms with van der Waals surface area (Å²) in [6.45, 7) is 3.79. The van der Waals surface area contributed by atoms with Crippen LogP contribution in [0.4, 0.5) is 10.1 Å². The standard InChI is InChI=1S/C16H17ClFN3O/c17-13-4-3-12(14(18)10-13)11-22-16-15(2-1-5-20-16)21-8-6-19-7-9-21/h1-5,10,19H,6-9,11H2. The molecule has 6 heteroatoms. The van der Waals surface area contributed by atoms with Crippen LogP contribution in [0.1, 0.15) is 5.56 Å². The molecule has 1 aliphatic heterocycles. The molecule has 1 aliphatic rings. The van der Waals surface area contributed by atoms with E-state index in [1.807, 2.05) is 12.1 Å². The maximum absolute atomic E-state index is 13.8. The molecule has 0 amide bonds. The molecule has 1 aromatic heterocycles. The molecule has 0 bridgehead atoms. The molecule has 116 valence electrons. The van der Waals surface area contributed by atoms with Gasteiger partial charge in [-0.25, -0.2) is 9.37 Å². The van der Waals surface area contributed by atoms with Gasteiger partial charge in [0.2, 0.25) is 5.88 Å². The summed E-state index contributed by atoms with van der Waals surface area (Å²) in [6, 6.07) is 8.43. The Bertz CT molecular complexity index is 647. The predicted molar refractivity (Wildman–Crippen MR) is 85.1 cm³/mol. The molecule has 4 nitrogen and oxygen atoms in total. The maximum Gasteiger partial charge on any atom is 0.237 e. The van der Waals surface area contributed by atoms with Gasteiger partial charge >= 0.3 is 0 Å². The van der Waals surface area contributed by atoms with Gasteiger partial charge in [0.15, 0.2) is 0 Å². The van der Waals surface area contributed by atoms with Crippen LogP contribution >= 0.6 is 11.6 Å². The molecule has 22 heavy (non-hydrogen) atoms. The van der Waals surface area contributed by atoms with Gasteiger partial charge in [0, 0.05) is 43.0 Å². The molecule has 1 fully saturated rings. The highest BCUT2D eigenvalue weighted by Gasteiger charge is 2.16. The summed E-state index contributed by atoms with van der Waals surface area (Å²) in [5.41, 5.74) is 1.40. The third kappa shape index (κ3) is 3.48. The Hall–Kier alpha value is -1.85. The average molecular weight is 322 g/mol. The molecule has 2 aromatic rings. The van der Waals surface area contributed by atoms with Crippen molar-refractivity contribution in [1.29, 1.82) is 0 Å². The van der Waals surface area contributed by atoms with Gasteiger partial charge in [-0.3, -0.25) is 0 Å². The van der Waals surface area contributed by atoms with E-state index in [9.17, 15) is 4.39 Å². The van der Waals surface area contributed by atoms with Crippen LogP contribution < -0.4 is 15.0 Å². The van der Waals surface area contributed by atoms with Crippen molar-refractivity contribution in [2.24, 2.45) is 0 Å². The second kappa shape index (κ2) is 6.94. The Labute approximate surface area is 133 Å². The number of hydrogen-bond acceptors (Lipinski definition) is 4. The zero-order chi connectivity index (χ0) is 15.4. The zero-order valence-electron chi connectivity index (χ0n) is 12.1. The van der Waals surface area contributed by atoms with E-state index in [2.05, 4.69) is 15.2 Å². The summed E-state index contributed by atoms with van der Waals surface area (Å²) >= 11 is 5.76. The van der Waals surface area contributed by atoms with E-state index in [1.165, 1.54) is 6.07 Å². The number of anilines is 1. The van der Waals surface area contributed by atoms with Gasteiger partial charge in [-0.15, -0.1) is 0 Å². The highest BCUT2D eigenvalue weighted by molar-refractivity contribution is 6.30. The Balaban J connectivity index is 1.74. The molecule has 3 rings (SSSR count). The Morgan fingerprint density at radius 3 is 2.86 bits per heavy atom. The van der Waals surface area contributed by atoms with Crippen LogP contribution in [0, 0.1) is 5.82 Å². The number of nitrogens with one attached hydrogen (secondary N) is 1. The topological polar surface area (TPSA) is 37.4 Å². The van der Waals surface area contributed by atoms with Gasteiger partial charge < -0.3 is 15.0 Å². The van der Waals surface area contributed by atoms with Crippen LogP contribution in [0.25, 0.3) is 0 Å². The number of pyridine rings is 1. The SMILES string of the molecule is Fc1cc(Cl)ccc1COc1ncccc1N1CCNCC1. The average Bonchev–Trinajstić information content (AvgIpc) is 2.55. The molecule has 1 N–H and O–H groups in total. The van der Waals surface area contributed by atoms with Crippen molar-refractivity contribution in [1.82, 2.24) is 10.3 Å². The van der Waals surface area contributed by atoms with Crippen molar-refractivity contribution in [2.45, 2.75) is 6.61 Å². The van der Waals surface area contributed by atoms with E-state index >= 15 is 0 Å². The summed E-state index contributed by atoms with van der Waals surface area (Å²) in [5.74, 6) is 0.158. The van der Waals surface area contributed by atoms with Crippen molar-refractivity contribution in [2.75, 3.05) is 31.1 Å². The molecule has 0 saturated carbocycles. The summed E-state index contributed by atoms with van der Waals surface area (Å²) in [6.07, 6.45) is 1.68. The van der Waals surface area contributed by atoms with Crippen molar-refractivity contribution in [3.63, 3.8) is 0 Å². The third-order valence-electron chi connectivity index (χ3n) is 3.59. The van der Waals surface area contributed by atoms with Crippen LogP contribution in [-0.2, 0) is 6.61 Å². The number of halogens is 2. The molecule has 0 atom stereocenters. The minimum Gasteiger partial charge on any atom is -0.471 e. The van der Waals surface area contributed by atoms with Crippen LogP contribution in [0.3, 0.4) is 0 Å². The molecule has 1 aromatic carbocycles. The van der Waals surface area contributed by atoms with Crippen molar-refractivity contribution >= 4 is 17.3 Å². The van der Waals surface area contributed by atoms with Crippen molar-refractivity contribution in [3.8, 4) is 5.88 Å². The first-order chi connectivity index (χ1) is 10.7. The van der Waals surface area contributed by atoms with Crippen LogP contribution in [0.15, 0.2) is 36.5 Å². The number of rotatable bonds is 4. The predicted octanol–water partition coefficient (Wildman–Crippen LogP) is 2.86. The zero-order valence-corrected chi connectivity index (χ0v) is 12.8. The third-order valence-corrected chi connectivity index (χ3v) is 3.82. The Kier molecular flexibility index (Phi) is 4.75. The molecule has 0 spiro atoms. The molecular weight excluding hydrogens is 305 g/mol. The minimum atomic E-state index is -0.368. The molecule has 0 unspecified atom stereocenters. The minimum absolute atomic E-state index is 0.124. The van der Waals surface area contributed by atoms with E-state index < -0.39 is 0 Å². The lowest BCUT2D eigenvalue weighted by molar-refractivity contribution is 0.288. The van der Waals surface area contributed by atoms with E-state index in [0.29, 0.717) is 16.5 Å². The highest BCUT2D eigenvalue weighted by atomic mass is 35.5. The highest BCUT2D eigenvalue weighted by Crippen LogP contribution is 2.27. The largest absolute Gasteiger partial charge is 0.471 e. The second-order valence-electron chi connectivity index (χ2n) is 5.09. The monoisotopic (exact) mass is 321 g/mol. The van der Waals surface area contributed by atoms with Gasteiger partial charge in [-0.1, -0.05) is 17.7 Å². The molecule has 0 radical (unpaired) electrons. The fraction of sp³-hybridized carbons (Fsp3) is 0.312. The number of piperazine rings is 1. The lowest BCUT2D eigenvalue weighted by Gasteiger charge is -2.30. The Morgan fingerprint density at radius 2 is 2.09 bits per heavy atom. The lowest BCUT2D eigenvalue weighted by Crippen LogP contribution is -2.43. The van der Waals surface area contributed by atoms with Crippen LogP contribution in [-0.4, -0.2) is 31.2 Å². The lowest BCUT2D eigenvalue weighted by atomic mass is 10.2. The smallest absolute Gasteiger partial charge is 0.237 e. The fourth-order valence-electron chi connectivity index (χ4n) is 2.42. The van der Waals surface area contributed by atoms with E-state index in [0.717, 1.165) is 31.9 Å². The first-order valence-corrected chi connectivity index (χ1v) is 7.59. The van der Waals surface area contributed by atoms with E-state index in [1.54, 1.807) is 18.3 Å². The Morgan fingerprint density at radius 1 is 1.27 bits per heavy atom. The molecule has 2 heterocycles. The summed E-state index contributed by atoms with van der Waals surface area (Å²) in [5, 5.41) is 3.69. The molecular formula is C16H17ClFN3O. The first kappa shape index (κ1) is 15.1. The van der Waals surface area contributed by atoms with Gasteiger partial charge in [0.1, 0.15) is 12.4 Å². The second-order valence-corrected chi connectivity index (χ2v) is 5.53. The van der Waals surface area contributed by atoms with Crippen molar-refractivity contribution in [3.05, 3.63) is 52.9 Å². The molecule has 0 aliphatic carbocycles. The summed E-state index contributed by atoms with van der Waals surface area (Å²) in [7, 11) is 0. The summed E-state index contributed by atoms with van der Waals surface area (Å²) in [4.78, 5) is 6.50. The quantitative estimate of drug-likeness (QED) is 0.939. The van der Waals surface area contributed by atoms with Gasteiger partial charge in [0.05, 0.1) is 5.69 Å². The van der Waals surface area contributed by atoms with Gasteiger partial charge in [-0.2, -0.15) is 0 Å². The van der Waals surface area contributed by atoms with Gasteiger partial charge in [-0.05, 0) is 24.3 Å². The number of nitrogens with zero attached hydrogens (tertiary/aromatic N) is 2. The van der Waals surface area contributed by atoms with Crippen molar-refractivity contribution < 1.29 is 9.13 Å². The number of aromatic nitrogens is 1. The van der Waals surface area contributed by atoms with Gasteiger partial charge in [0.25, 0.3) is 0 Å². The van der Waals surface area contributed by atoms with E-state index in [4.69, 9.17) is 16.3 Å². The first-order valence-electron chi connectivity index (χ1n) is 7.21. The normalized spacial score (nSPS) is 14.9. The maximum atomic E-state index is 13.8. The summed E-state index contributed by atoms with van der Waals surface area (Å²) < 4.78 is 19.5. The number of hydrogen-bond donors (Lipinski definition) is 1. The van der Waals surface area contributed by atoms with Crippen LogP contribution in [0.2, 0.25) is 5.02 Å². The van der Waals surface area contributed by atoms with Crippen LogP contribution in [0.5, 0.6) is 5.88 Å². The van der Waals surface area contributed by atoms with E-state index in [-0.39, 0.29) is 12.4 Å².